The molecule has 9 heteroatoms. The van der Waals surface area contributed by atoms with Crippen LogP contribution in [0.4, 0.5) is 0 Å². The molecule has 0 radical (unpaired) electrons. The zero-order valence-corrected chi connectivity index (χ0v) is 35.6. The van der Waals surface area contributed by atoms with E-state index in [1.807, 2.05) is 24.3 Å². The molecule has 0 amide bonds. The Bertz CT molecular complexity index is 3220. The van der Waals surface area contributed by atoms with Crippen molar-refractivity contribution in [2.75, 3.05) is 0 Å². The van der Waals surface area contributed by atoms with Gasteiger partial charge in [0, 0.05) is 43.8 Å². The number of fused-ring (bicyclic) bond motifs is 20. The van der Waals surface area contributed by atoms with E-state index in [2.05, 4.69) is 145 Å². The van der Waals surface area contributed by atoms with Crippen molar-refractivity contribution in [3.05, 3.63) is 119 Å². The average Bonchev–Trinajstić information content (AvgIpc) is 3.94. The average molecular weight is 789 g/mol. The topological polar surface area (TPSA) is 129 Å². The molecule has 0 saturated carbocycles. The van der Waals surface area contributed by atoms with Crippen LogP contribution in [-0.2, 0) is 22.9 Å². The number of aromatic nitrogens is 8. The highest BCUT2D eigenvalue weighted by molar-refractivity contribution is 6.07. The molecule has 3 N–H and O–H groups in total. The maximum atomic E-state index is 9.70. The molecule has 3 aromatic heterocycles. The Morgan fingerprint density at radius 2 is 0.767 bits per heavy atom. The van der Waals surface area contributed by atoms with E-state index >= 15 is 0 Å². The molecule has 0 saturated heterocycles. The van der Waals surface area contributed by atoms with E-state index in [0.29, 0.717) is 45.9 Å². The lowest BCUT2D eigenvalue weighted by Crippen LogP contribution is -2.10. The standard InChI is InChI=1S/C51H48N8O/c1-49(2,3)30-15-19-34-38(23-30)47-55-42(34)53-45-37-22-29(28-12-10-27(26-60)11-13-28)14-18-33(37)41(52-45)54-46-39-24-31(50(4,5)6)16-20-35(39)43(56-46)58-48-40-25-32(51(7,8)9)17-21-36(40)44(57-47)59-48/h10-25,60H,26H2,1-9H3,(H2,52,53,54,55,56,57,58,59). The molecule has 0 spiro atoms. The molecule has 298 valence electrons. The Balaban J connectivity index is 1.35. The van der Waals surface area contributed by atoms with Gasteiger partial charge in [-0.1, -0.05) is 129 Å². The predicted octanol–water partition coefficient (Wildman–Crippen LogP) is 11.9. The minimum absolute atomic E-state index is 0.00734. The van der Waals surface area contributed by atoms with Crippen LogP contribution in [0.5, 0.6) is 0 Å². The Hall–Kier alpha value is -6.58. The largest absolute Gasteiger partial charge is 0.392 e. The Morgan fingerprint density at radius 3 is 1.23 bits per heavy atom. The normalized spacial score (nSPS) is 12.9. The van der Waals surface area contributed by atoms with Crippen LogP contribution in [0.2, 0.25) is 0 Å². The smallest absolute Gasteiger partial charge is 0.164 e. The summed E-state index contributed by atoms with van der Waals surface area (Å²) in [5.41, 5.74) is 12.4. The molecule has 0 unspecified atom stereocenters. The van der Waals surface area contributed by atoms with Gasteiger partial charge in [-0.3, -0.25) is 0 Å². The van der Waals surface area contributed by atoms with Crippen LogP contribution in [0.1, 0.15) is 84.6 Å². The number of hydrogen-bond donors (Lipinski definition) is 3. The molecule has 5 aromatic carbocycles. The SMILES string of the molecule is CC(C)(C)c1ccc2c(c1)-c1nc-2nc2[nH]c(nc3nc(nc4[nH]c(n1)c1ccc(C(C)(C)C)cc41)-c1ccc(-c4ccc(CO)cc4)cc1-3)c1ccc(C(C)(C)C)cc21. The maximum Gasteiger partial charge on any atom is 0.164 e. The minimum atomic E-state index is -0.0906. The van der Waals surface area contributed by atoms with E-state index in [1.165, 1.54) is 16.7 Å². The van der Waals surface area contributed by atoms with Crippen molar-refractivity contribution in [2.45, 2.75) is 85.2 Å². The first kappa shape index (κ1) is 37.7. The van der Waals surface area contributed by atoms with Gasteiger partial charge in [0.2, 0.25) is 0 Å². The zero-order chi connectivity index (χ0) is 41.9. The third kappa shape index (κ3) is 6.36. The van der Waals surface area contributed by atoms with Crippen LogP contribution >= 0.6 is 0 Å². The van der Waals surface area contributed by atoms with Gasteiger partial charge in [-0.25, -0.2) is 29.9 Å². The number of nitrogens with zero attached hydrogens (tertiary/aromatic N) is 6. The number of nitrogens with one attached hydrogen (secondary N) is 2. The predicted molar refractivity (Wildman–Crippen MR) is 244 cm³/mol. The van der Waals surface area contributed by atoms with Crippen LogP contribution < -0.4 is 0 Å². The first-order valence-corrected chi connectivity index (χ1v) is 20.6. The van der Waals surface area contributed by atoms with Crippen molar-refractivity contribution >= 4 is 44.1 Å². The fourth-order valence-electron chi connectivity index (χ4n) is 8.18. The van der Waals surface area contributed by atoms with Gasteiger partial charge in [-0.05, 0) is 80.0 Å². The van der Waals surface area contributed by atoms with Crippen molar-refractivity contribution in [1.29, 1.82) is 0 Å². The van der Waals surface area contributed by atoms with Gasteiger partial charge in [0.1, 0.15) is 22.6 Å². The van der Waals surface area contributed by atoms with Crippen LogP contribution in [-0.4, -0.2) is 45.0 Å². The van der Waals surface area contributed by atoms with Crippen LogP contribution in [0.15, 0.2) is 97.1 Å². The molecule has 5 heterocycles. The van der Waals surface area contributed by atoms with Crippen molar-refractivity contribution in [1.82, 2.24) is 39.9 Å². The van der Waals surface area contributed by atoms with Crippen molar-refractivity contribution in [3.8, 4) is 56.7 Å². The molecule has 2 aliphatic heterocycles. The molecular weight excluding hydrogens is 741 g/mol. The Kier molecular flexibility index (Phi) is 8.30. The van der Waals surface area contributed by atoms with Gasteiger partial charge in [-0.15, -0.1) is 0 Å². The van der Waals surface area contributed by atoms with Crippen molar-refractivity contribution in [2.24, 2.45) is 0 Å². The second-order valence-electron chi connectivity index (χ2n) is 19.3. The molecule has 8 aromatic rings. The molecule has 10 rings (SSSR count). The third-order valence-electron chi connectivity index (χ3n) is 11.9. The van der Waals surface area contributed by atoms with E-state index < -0.39 is 0 Å². The second-order valence-corrected chi connectivity index (χ2v) is 19.3. The number of rotatable bonds is 2. The summed E-state index contributed by atoms with van der Waals surface area (Å²) < 4.78 is 0. The third-order valence-corrected chi connectivity index (χ3v) is 11.9. The summed E-state index contributed by atoms with van der Waals surface area (Å²) in [6.07, 6.45) is 0. The van der Waals surface area contributed by atoms with Gasteiger partial charge in [-0.2, -0.15) is 0 Å². The van der Waals surface area contributed by atoms with E-state index in [1.54, 1.807) is 0 Å². The number of hydrogen-bond acceptors (Lipinski definition) is 7. The lowest BCUT2D eigenvalue weighted by Gasteiger charge is -2.19. The molecule has 0 fully saturated rings. The number of aliphatic hydroxyl groups is 1. The van der Waals surface area contributed by atoms with E-state index in [4.69, 9.17) is 29.9 Å². The second kappa shape index (κ2) is 13.2. The molecular formula is C51H48N8O. The van der Waals surface area contributed by atoms with Gasteiger partial charge in [0.05, 0.1) is 6.61 Å². The molecule has 0 aliphatic carbocycles. The molecule has 8 bridgehead atoms. The molecule has 9 nitrogen and oxygen atoms in total. The van der Waals surface area contributed by atoms with Gasteiger partial charge >= 0.3 is 0 Å². The van der Waals surface area contributed by atoms with Gasteiger partial charge in [0.25, 0.3) is 0 Å². The number of aliphatic hydroxyl groups excluding tert-OH is 1. The zero-order valence-electron chi connectivity index (χ0n) is 35.6. The van der Waals surface area contributed by atoms with Crippen LogP contribution in [0.25, 0.3) is 101 Å². The summed E-state index contributed by atoms with van der Waals surface area (Å²) in [5, 5.41) is 13.5. The lowest BCUT2D eigenvalue weighted by atomic mass is 9.85. The fraction of sp³-hybridized carbons (Fsp3) is 0.255. The summed E-state index contributed by atoms with van der Waals surface area (Å²) in [6, 6.07) is 33.9. The lowest BCUT2D eigenvalue weighted by molar-refractivity contribution is 0.282. The molecule has 0 atom stereocenters. The molecule has 2 aliphatic rings. The van der Waals surface area contributed by atoms with Gasteiger partial charge < -0.3 is 15.1 Å². The van der Waals surface area contributed by atoms with Crippen LogP contribution in [0.3, 0.4) is 0 Å². The summed E-state index contributed by atoms with van der Waals surface area (Å²) in [6.45, 7) is 20.0. The highest BCUT2D eigenvalue weighted by atomic mass is 16.3. The minimum Gasteiger partial charge on any atom is -0.392 e. The fourth-order valence-corrected chi connectivity index (χ4v) is 8.18. The summed E-state index contributed by atoms with van der Waals surface area (Å²) >= 11 is 0. The number of benzene rings is 5. The quantitative estimate of drug-likeness (QED) is 0.159. The van der Waals surface area contributed by atoms with E-state index in [0.717, 1.165) is 60.5 Å². The van der Waals surface area contributed by atoms with Crippen molar-refractivity contribution < 1.29 is 5.11 Å². The van der Waals surface area contributed by atoms with Gasteiger partial charge in [0.15, 0.2) is 23.3 Å². The first-order valence-electron chi connectivity index (χ1n) is 20.6. The van der Waals surface area contributed by atoms with E-state index in [9.17, 15) is 5.11 Å². The summed E-state index contributed by atoms with van der Waals surface area (Å²) in [7, 11) is 0. The summed E-state index contributed by atoms with van der Waals surface area (Å²) in [4.78, 5) is 38.9. The highest BCUT2D eigenvalue weighted by Crippen LogP contribution is 2.41. The highest BCUT2D eigenvalue weighted by Gasteiger charge is 2.26. The maximum absolute atomic E-state index is 9.70. The first-order chi connectivity index (χ1) is 28.5. The number of aromatic amines is 2. The van der Waals surface area contributed by atoms with Crippen LogP contribution in [0, 0.1) is 0 Å². The Morgan fingerprint density at radius 1 is 0.383 bits per heavy atom. The Labute approximate surface area is 349 Å². The summed E-state index contributed by atoms with van der Waals surface area (Å²) in [5.74, 6) is 2.27. The number of H-pyrrole nitrogens is 2. The van der Waals surface area contributed by atoms with E-state index in [-0.39, 0.29) is 22.9 Å². The molecule has 60 heavy (non-hydrogen) atoms. The monoisotopic (exact) mass is 788 g/mol. The van der Waals surface area contributed by atoms with Crippen molar-refractivity contribution in [3.63, 3.8) is 0 Å².